The number of hydrogen-bond acceptors (Lipinski definition) is 4. The summed E-state index contributed by atoms with van der Waals surface area (Å²) >= 11 is 0. The molecule has 0 unspecified atom stereocenters. The van der Waals surface area contributed by atoms with Crippen molar-refractivity contribution >= 4 is 11.6 Å². The van der Waals surface area contributed by atoms with Gasteiger partial charge >= 0.3 is 0 Å². The fourth-order valence-corrected chi connectivity index (χ4v) is 2.55. The maximum atomic E-state index is 4.66. The molecule has 4 nitrogen and oxygen atoms in total. The first-order valence-corrected chi connectivity index (χ1v) is 6.85. The van der Waals surface area contributed by atoms with E-state index in [4.69, 9.17) is 0 Å². The summed E-state index contributed by atoms with van der Waals surface area (Å²) in [5.41, 5.74) is 0.384. The quantitative estimate of drug-likeness (QED) is 0.893. The highest BCUT2D eigenvalue weighted by molar-refractivity contribution is 5.49. The molecule has 0 amide bonds. The summed E-state index contributed by atoms with van der Waals surface area (Å²) in [4.78, 5) is 11.5. The van der Waals surface area contributed by atoms with Crippen molar-refractivity contribution in [2.45, 2.75) is 40.0 Å². The number of nitrogens with one attached hydrogen (secondary N) is 1. The van der Waals surface area contributed by atoms with Crippen molar-refractivity contribution in [3.05, 3.63) is 11.9 Å². The highest BCUT2D eigenvalue weighted by Gasteiger charge is 2.27. The van der Waals surface area contributed by atoms with E-state index in [2.05, 4.69) is 47.0 Å². The Balaban J connectivity index is 2.26. The third-order valence-electron chi connectivity index (χ3n) is 3.56. The molecule has 1 aromatic heterocycles. The van der Waals surface area contributed by atoms with Gasteiger partial charge < -0.3 is 10.2 Å². The molecular formula is C14H24N4. The van der Waals surface area contributed by atoms with Gasteiger partial charge in [0.05, 0.1) is 0 Å². The lowest BCUT2D eigenvalue weighted by Gasteiger charge is -2.38. The number of piperidine rings is 1. The first-order chi connectivity index (χ1) is 8.54. The van der Waals surface area contributed by atoms with Gasteiger partial charge in [-0.3, -0.25) is 0 Å². The smallest absolute Gasteiger partial charge is 0.134 e. The van der Waals surface area contributed by atoms with Gasteiger partial charge in [0.25, 0.3) is 0 Å². The predicted molar refractivity (Wildman–Crippen MR) is 76.2 cm³/mol. The van der Waals surface area contributed by atoms with E-state index in [1.54, 1.807) is 0 Å². The zero-order valence-corrected chi connectivity index (χ0v) is 12.0. The molecule has 0 spiro atoms. The van der Waals surface area contributed by atoms with Gasteiger partial charge in [0.1, 0.15) is 17.5 Å². The second kappa shape index (κ2) is 5.12. The van der Waals surface area contributed by atoms with E-state index in [1.807, 2.05) is 7.05 Å². The zero-order chi connectivity index (χ0) is 13.2. The van der Waals surface area contributed by atoms with Crippen LogP contribution in [0.1, 0.15) is 39.4 Å². The van der Waals surface area contributed by atoms with Crippen LogP contribution < -0.4 is 10.2 Å². The zero-order valence-electron chi connectivity index (χ0n) is 12.0. The standard InChI is InChI=1S/C14H24N4/c1-5-11-16-12(15-4)9-13(17-11)18-8-6-7-14(2,3)10-18/h9H,5-8,10H2,1-4H3,(H,15,16,17). The van der Waals surface area contributed by atoms with Gasteiger partial charge in [-0.15, -0.1) is 0 Å². The van der Waals surface area contributed by atoms with Crippen molar-refractivity contribution in [3.63, 3.8) is 0 Å². The maximum Gasteiger partial charge on any atom is 0.134 e. The molecule has 1 fully saturated rings. The van der Waals surface area contributed by atoms with Gasteiger partial charge in [-0.25, -0.2) is 9.97 Å². The minimum atomic E-state index is 0.384. The normalized spacial score (nSPS) is 18.8. The van der Waals surface area contributed by atoms with Gasteiger partial charge in [-0.2, -0.15) is 0 Å². The molecule has 0 saturated carbocycles. The molecule has 0 aromatic carbocycles. The van der Waals surface area contributed by atoms with E-state index in [1.165, 1.54) is 12.8 Å². The average molecular weight is 248 g/mol. The van der Waals surface area contributed by atoms with Gasteiger partial charge in [0.15, 0.2) is 0 Å². The monoisotopic (exact) mass is 248 g/mol. The van der Waals surface area contributed by atoms with Crippen molar-refractivity contribution in [1.29, 1.82) is 0 Å². The highest BCUT2D eigenvalue weighted by Crippen LogP contribution is 2.31. The predicted octanol–water partition coefficient (Wildman–Crippen LogP) is 2.71. The van der Waals surface area contributed by atoms with Crippen LogP contribution in [0.5, 0.6) is 0 Å². The second-order valence-corrected chi connectivity index (χ2v) is 5.82. The second-order valence-electron chi connectivity index (χ2n) is 5.82. The van der Waals surface area contributed by atoms with Crippen LogP contribution in [0, 0.1) is 5.41 Å². The molecule has 0 aliphatic carbocycles. The van der Waals surface area contributed by atoms with Crippen LogP contribution >= 0.6 is 0 Å². The lowest BCUT2D eigenvalue weighted by Crippen LogP contribution is -2.40. The molecule has 18 heavy (non-hydrogen) atoms. The Morgan fingerprint density at radius 2 is 2.17 bits per heavy atom. The van der Waals surface area contributed by atoms with Crippen LogP contribution in [0.15, 0.2) is 6.07 Å². The van der Waals surface area contributed by atoms with E-state index < -0.39 is 0 Å². The molecule has 1 aliphatic heterocycles. The van der Waals surface area contributed by atoms with Crippen molar-refractivity contribution in [3.8, 4) is 0 Å². The third kappa shape index (κ3) is 2.92. The number of aryl methyl sites for hydroxylation is 1. The molecule has 1 saturated heterocycles. The maximum absolute atomic E-state index is 4.66. The Morgan fingerprint density at radius 1 is 1.39 bits per heavy atom. The number of rotatable bonds is 3. The van der Waals surface area contributed by atoms with E-state index in [9.17, 15) is 0 Å². The van der Waals surface area contributed by atoms with Crippen molar-refractivity contribution in [1.82, 2.24) is 9.97 Å². The molecule has 0 atom stereocenters. The van der Waals surface area contributed by atoms with E-state index in [-0.39, 0.29) is 0 Å². The fraction of sp³-hybridized carbons (Fsp3) is 0.714. The molecule has 100 valence electrons. The minimum Gasteiger partial charge on any atom is -0.373 e. The van der Waals surface area contributed by atoms with Crippen molar-refractivity contribution in [2.75, 3.05) is 30.4 Å². The largest absolute Gasteiger partial charge is 0.373 e. The first-order valence-electron chi connectivity index (χ1n) is 6.85. The lowest BCUT2D eigenvalue weighted by atomic mass is 9.84. The average Bonchev–Trinajstić information content (AvgIpc) is 2.37. The van der Waals surface area contributed by atoms with Crippen LogP contribution in [0.4, 0.5) is 11.6 Å². The van der Waals surface area contributed by atoms with Gasteiger partial charge in [-0.1, -0.05) is 20.8 Å². The van der Waals surface area contributed by atoms with Crippen LogP contribution in [0.3, 0.4) is 0 Å². The number of anilines is 2. The molecule has 2 rings (SSSR count). The topological polar surface area (TPSA) is 41.1 Å². The van der Waals surface area contributed by atoms with Crippen LogP contribution in [0.2, 0.25) is 0 Å². The Bertz CT molecular complexity index is 392. The molecule has 0 radical (unpaired) electrons. The summed E-state index contributed by atoms with van der Waals surface area (Å²) in [6, 6.07) is 2.06. The molecule has 1 aromatic rings. The summed E-state index contributed by atoms with van der Waals surface area (Å²) in [5, 5.41) is 3.12. The molecule has 1 N–H and O–H groups in total. The van der Waals surface area contributed by atoms with Gasteiger partial charge in [0.2, 0.25) is 0 Å². The Morgan fingerprint density at radius 3 is 2.78 bits per heavy atom. The molecule has 2 heterocycles. The summed E-state index contributed by atoms with van der Waals surface area (Å²) in [6.07, 6.45) is 3.42. The number of aromatic nitrogens is 2. The van der Waals surface area contributed by atoms with Crippen LogP contribution in [-0.2, 0) is 6.42 Å². The third-order valence-corrected chi connectivity index (χ3v) is 3.56. The SMILES string of the molecule is CCc1nc(NC)cc(N2CCCC(C)(C)C2)n1. The summed E-state index contributed by atoms with van der Waals surface area (Å²) < 4.78 is 0. The highest BCUT2D eigenvalue weighted by atomic mass is 15.2. The Labute approximate surface area is 110 Å². The Kier molecular flexibility index (Phi) is 3.73. The van der Waals surface area contributed by atoms with Gasteiger partial charge in [-0.05, 0) is 18.3 Å². The fourth-order valence-electron chi connectivity index (χ4n) is 2.55. The molecule has 1 aliphatic rings. The lowest BCUT2D eigenvalue weighted by molar-refractivity contribution is 0.292. The minimum absolute atomic E-state index is 0.384. The first kappa shape index (κ1) is 13.1. The summed E-state index contributed by atoms with van der Waals surface area (Å²) in [5.74, 6) is 2.90. The molecule has 4 heteroatoms. The number of nitrogens with zero attached hydrogens (tertiary/aromatic N) is 3. The van der Waals surface area contributed by atoms with Crippen molar-refractivity contribution in [2.24, 2.45) is 5.41 Å². The molecule has 0 bridgehead atoms. The van der Waals surface area contributed by atoms with Gasteiger partial charge in [0, 0.05) is 32.6 Å². The van der Waals surface area contributed by atoms with Crippen molar-refractivity contribution < 1.29 is 0 Å². The Hall–Kier alpha value is -1.32. The molecular weight excluding hydrogens is 224 g/mol. The summed E-state index contributed by atoms with van der Waals surface area (Å²) in [6.45, 7) is 8.95. The van der Waals surface area contributed by atoms with Crippen LogP contribution in [0.25, 0.3) is 0 Å². The summed E-state index contributed by atoms with van der Waals surface area (Å²) in [7, 11) is 1.91. The number of hydrogen-bond donors (Lipinski definition) is 1. The van der Waals surface area contributed by atoms with E-state index in [0.29, 0.717) is 5.41 Å². The van der Waals surface area contributed by atoms with E-state index in [0.717, 1.165) is 37.0 Å². The van der Waals surface area contributed by atoms with Crippen LogP contribution in [-0.4, -0.2) is 30.1 Å². The van der Waals surface area contributed by atoms with E-state index >= 15 is 0 Å².